The van der Waals surface area contributed by atoms with E-state index in [-0.39, 0.29) is 47.4 Å². The van der Waals surface area contributed by atoms with Crippen LogP contribution >= 0.6 is 0 Å². The van der Waals surface area contributed by atoms with Gasteiger partial charge in [0.25, 0.3) is 0 Å². The summed E-state index contributed by atoms with van der Waals surface area (Å²) in [6, 6.07) is 8.20. The van der Waals surface area contributed by atoms with Gasteiger partial charge < -0.3 is 48.2 Å². The summed E-state index contributed by atoms with van der Waals surface area (Å²) in [5.41, 5.74) is 0.000724. The summed E-state index contributed by atoms with van der Waals surface area (Å²) in [6.45, 7) is -0.352. The Kier molecular flexibility index (Phi) is 5.70. The van der Waals surface area contributed by atoms with Crippen LogP contribution in [0.15, 0.2) is 39.5 Å². The summed E-state index contributed by atoms with van der Waals surface area (Å²) >= 11 is 0. The molecule has 3 aromatic rings. The molecule has 0 radical (unpaired) electrons. The molecule has 0 saturated carbocycles. The summed E-state index contributed by atoms with van der Waals surface area (Å²) in [7, 11) is 2.90. The molecule has 0 aliphatic carbocycles. The van der Waals surface area contributed by atoms with E-state index in [9.17, 15) is 20.1 Å². The molecule has 2 aliphatic heterocycles. The summed E-state index contributed by atoms with van der Waals surface area (Å²) in [6.07, 6.45) is -5.90. The molecule has 11 nitrogen and oxygen atoms in total. The van der Waals surface area contributed by atoms with E-state index in [0.29, 0.717) is 17.1 Å². The quantitative estimate of drug-likeness (QED) is 0.487. The van der Waals surface area contributed by atoms with Crippen LogP contribution in [0.1, 0.15) is 0 Å². The highest BCUT2D eigenvalue weighted by Gasteiger charge is 2.40. The Bertz CT molecular complexity index is 1270. The van der Waals surface area contributed by atoms with Crippen molar-refractivity contribution in [3.05, 3.63) is 40.6 Å². The molecule has 0 spiro atoms. The summed E-state index contributed by atoms with van der Waals surface area (Å²) in [5, 5.41) is 30.2. The van der Waals surface area contributed by atoms with Crippen molar-refractivity contribution in [3.63, 3.8) is 0 Å². The highest BCUT2D eigenvalue weighted by atomic mass is 16.7. The Hall–Kier alpha value is -3.51. The van der Waals surface area contributed by atoms with Crippen LogP contribution in [0, 0.1) is 0 Å². The third kappa shape index (κ3) is 3.59. The first-order chi connectivity index (χ1) is 16.4. The van der Waals surface area contributed by atoms with Gasteiger partial charge in [-0.25, -0.2) is 0 Å². The molecule has 2 aliphatic rings. The van der Waals surface area contributed by atoms with Gasteiger partial charge in [0, 0.05) is 11.6 Å². The number of hydrogen-bond donors (Lipinski definition) is 3. The second-order valence-corrected chi connectivity index (χ2v) is 7.70. The van der Waals surface area contributed by atoms with Crippen LogP contribution < -0.4 is 29.1 Å². The van der Waals surface area contributed by atoms with Gasteiger partial charge in [0.2, 0.25) is 30.0 Å². The first kappa shape index (κ1) is 22.3. The molecule has 1 fully saturated rings. The van der Waals surface area contributed by atoms with Gasteiger partial charge in [-0.15, -0.1) is 0 Å². The number of hydrogen-bond acceptors (Lipinski definition) is 11. The fourth-order valence-corrected chi connectivity index (χ4v) is 3.89. The van der Waals surface area contributed by atoms with E-state index < -0.39 is 30.0 Å². The second-order valence-electron chi connectivity index (χ2n) is 7.70. The van der Waals surface area contributed by atoms with Crippen molar-refractivity contribution in [1.82, 2.24) is 0 Å². The van der Waals surface area contributed by atoms with Crippen molar-refractivity contribution < 1.29 is 48.2 Å². The van der Waals surface area contributed by atoms with Crippen molar-refractivity contribution in [2.24, 2.45) is 0 Å². The number of benzene rings is 2. The number of methoxy groups -OCH3 is 2. The molecule has 180 valence electrons. The van der Waals surface area contributed by atoms with E-state index in [1.54, 1.807) is 24.3 Å². The third-order valence-electron chi connectivity index (χ3n) is 5.68. The van der Waals surface area contributed by atoms with Crippen LogP contribution in [0.2, 0.25) is 0 Å². The fourth-order valence-electron chi connectivity index (χ4n) is 3.89. The third-order valence-corrected chi connectivity index (χ3v) is 5.68. The molecule has 0 unspecified atom stereocenters. The summed E-state index contributed by atoms with van der Waals surface area (Å²) in [4.78, 5) is 13.7. The lowest BCUT2D eigenvalue weighted by Crippen LogP contribution is -2.55. The predicted molar refractivity (Wildman–Crippen MR) is 116 cm³/mol. The van der Waals surface area contributed by atoms with Gasteiger partial charge in [-0.3, -0.25) is 4.79 Å². The van der Waals surface area contributed by atoms with Crippen molar-refractivity contribution in [2.45, 2.75) is 24.6 Å². The van der Waals surface area contributed by atoms with Crippen molar-refractivity contribution in [2.75, 3.05) is 27.6 Å². The maximum atomic E-state index is 13.7. The minimum atomic E-state index is -1.62. The molecule has 0 amide bonds. The Labute approximate surface area is 192 Å². The highest BCUT2D eigenvalue weighted by molar-refractivity contribution is 5.92. The van der Waals surface area contributed by atoms with E-state index in [0.717, 1.165) is 0 Å². The zero-order valence-corrected chi connectivity index (χ0v) is 18.2. The Morgan fingerprint density at radius 1 is 0.971 bits per heavy atom. The predicted octanol–water partition coefficient (Wildman–Crippen LogP) is 1.02. The van der Waals surface area contributed by atoms with Gasteiger partial charge >= 0.3 is 0 Å². The normalized spacial score (nSPS) is 23.7. The minimum absolute atomic E-state index is 0.0323. The second kappa shape index (κ2) is 8.69. The molecule has 11 heteroatoms. The van der Waals surface area contributed by atoms with Crippen LogP contribution in [0.3, 0.4) is 0 Å². The smallest absolute Gasteiger partial charge is 0.239 e. The Balaban J connectivity index is 1.71. The van der Waals surface area contributed by atoms with Crippen LogP contribution in [0.25, 0.3) is 22.3 Å². The molecular formula is C23H22O11. The maximum Gasteiger partial charge on any atom is 0.239 e. The first-order valence-electron chi connectivity index (χ1n) is 10.4. The number of fused-ring (bicyclic) bond motifs is 2. The average molecular weight is 474 g/mol. The van der Waals surface area contributed by atoms with E-state index >= 15 is 0 Å². The Morgan fingerprint density at radius 3 is 2.44 bits per heavy atom. The number of aliphatic hydroxyl groups is 3. The van der Waals surface area contributed by atoms with E-state index in [1.807, 2.05) is 0 Å². The lowest BCUT2D eigenvalue weighted by atomic mass is 10.1. The van der Waals surface area contributed by atoms with Gasteiger partial charge in [-0.2, -0.15) is 0 Å². The molecule has 1 aromatic heterocycles. The number of ether oxygens (including phenoxy) is 6. The largest absolute Gasteiger partial charge is 0.497 e. The van der Waals surface area contributed by atoms with Crippen molar-refractivity contribution in [3.8, 4) is 40.1 Å². The summed E-state index contributed by atoms with van der Waals surface area (Å²) < 4.78 is 38.7. The topological polar surface area (TPSA) is 146 Å². The van der Waals surface area contributed by atoms with Crippen LogP contribution in [-0.4, -0.2) is 67.5 Å². The molecule has 3 N–H and O–H groups in total. The zero-order valence-electron chi connectivity index (χ0n) is 18.2. The molecule has 1 saturated heterocycles. The highest BCUT2D eigenvalue weighted by Crippen LogP contribution is 2.47. The number of rotatable bonds is 5. The fraction of sp³-hybridized carbons (Fsp3) is 0.348. The minimum Gasteiger partial charge on any atom is -0.497 e. The molecule has 3 heterocycles. The van der Waals surface area contributed by atoms with E-state index in [4.69, 9.17) is 32.8 Å². The van der Waals surface area contributed by atoms with Gasteiger partial charge in [0.05, 0.1) is 20.8 Å². The van der Waals surface area contributed by atoms with Crippen molar-refractivity contribution in [1.29, 1.82) is 0 Å². The summed E-state index contributed by atoms with van der Waals surface area (Å²) in [5.74, 6) is 1.04. The standard InChI is InChI=1S/C23H22O11/c1-28-11-5-3-10(4-6-11)19-22(34-23-18(27)16(25)12(24)8-30-23)17(26)15-13(33-19)7-14-20(21(15)29-2)32-9-31-14/h3-7,12,16,18,23-25,27H,8-9H2,1-2H3/t12-,16+,18-,23+/m0/s1. The Morgan fingerprint density at radius 2 is 1.74 bits per heavy atom. The number of aliphatic hydroxyl groups excluding tert-OH is 3. The van der Waals surface area contributed by atoms with Crippen LogP contribution in [-0.2, 0) is 4.74 Å². The lowest BCUT2D eigenvalue weighted by Gasteiger charge is -2.34. The average Bonchev–Trinajstić information content (AvgIpc) is 3.32. The molecule has 5 rings (SSSR count). The first-order valence-corrected chi connectivity index (χ1v) is 10.4. The van der Waals surface area contributed by atoms with E-state index in [2.05, 4.69) is 0 Å². The van der Waals surface area contributed by atoms with Crippen LogP contribution in [0.4, 0.5) is 0 Å². The van der Waals surface area contributed by atoms with Gasteiger partial charge in [-0.05, 0) is 24.3 Å². The van der Waals surface area contributed by atoms with Gasteiger partial charge in [0.15, 0.2) is 17.3 Å². The van der Waals surface area contributed by atoms with Gasteiger partial charge in [-0.1, -0.05) is 0 Å². The molecule has 4 atom stereocenters. The van der Waals surface area contributed by atoms with Crippen LogP contribution in [0.5, 0.6) is 28.7 Å². The van der Waals surface area contributed by atoms with Crippen molar-refractivity contribution >= 4 is 11.0 Å². The molecule has 0 bridgehead atoms. The zero-order chi connectivity index (χ0) is 24.0. The maximum absolute atomic E-state index is 13.7. The lowest BCUT2D eigenvalue weighted by molar-refractivity contribution is -0.242. The molecular weight excluding hydrogens is 452 g/mol. The monoisotopic (exact) mass is 474 g/mol. The molecule has 2 aromatic carbocycles. The van der Waals surface area contributed by atoms with Gasteiger partial charge in [0.1, 0.15) is 35.0 Å². The SMILES string of the molecule is COc1ccc(-c2oc3cc4c(c(OC)c3c(=O)c2O[C@H]2OC[C@H](O)[C@@H](O)[C@@H]2O)OCO4)cc1. The molecule has 34 heavy (non-hydrogen) atoms. The van der Waals surface area contributed by atoms with E-state index in [1.165, 1.54) is 20.3 Å².